The number of fused-ring (bicyclic) bond motifs is 1. The van der Waals surface area contributed by atoms with Crippen LogP contribution in [0.1, 0.15) is 50.3 Å². The molecule has 2 aliphatic carbocycles. The number of allylic oxidation sites excluding steroid dienone is 3. The molecule has 3 aliphatic rings. The maximum Gasteiger partial charge on any atom is 0.313 e. The number of amides is 2. The number of nitrogens with one attached hydrogen (secondary N) is 3. The number of methoxy groups -OCH3 is 1. The Morgan fingerprint density at radius 2 is 1.93 bits per heavy atom. The third-order valence-electron chi connectivity index (χ3n) is 8.12. The van der Waals surface area contributed by atoms with E-state index in [0.29, 0.717) is 55.6 Å². The van der Waals surface area contributed by atoms with Gasteiger partial charge in [0, 0.05) is 42.9 Å². The lowest BCUT2D eigenvalue weighted by atomic mass is 9.97. The Morgan fingerprint density at radius 1 is 1.09 bits per heavy atom. The zero-order valence-electron chi connectivity index (χ0n) is 25.8. The van der Waals surface area contributed by atoms with Crippen molar-refractivity contribution in [3.05, 3.63) is 76.8 Å². The monoisotopic (exact) mass is 620 g/mol. The van der Waals surface area contributed by atoms with E-state index in [1.54, 1.807) is 19.4 Å². The molecule has 45 heavy (non-hydrogen) atoms. The number of anilines is 1. The zero-order chi connectivity index (χ0) is 31.6. The molecule has 5 rings (SSSR count). The van der Waals surface area contributed by atoms with Crippen LogP contribution < -0.4 is 20.7 Å². The first-order valence-corrected chi connectivity index (χ1v) is 15.6. The van der Waals surface area contributed by atoms with Gasteiger partial charge in [0.1, 0.15) is 17.6 Å². The van der Waals surface area contributed by atoms with Gasteiger partial charge in [-0.25, -0.2) is 4.39 Å². The molecule has 2 heterocycles. The van der Waals surface area contributed by atoms with Gasteiger partial charge in [0.2, 0.25) is 0 Å². The van der Waals surface area contributed by atoms with Crippen LogP contribution in [-0.2, 0) is 30.2 Å². The van der Waals surface area contributed by atoms with E-state index >= 15 is 4.39 Å². The quantitative estimate of drug-likeness (QED) is 0.283. The van der Waals surface area contributed by atoms with Crippen LogP contribution in [-0.4, -0.2) is 62.9 Å². The predicted octanol–water partition coefficient (Wildman–Crippen LogP) is 5.03. The molecule has 1 aromatic carbocycles. The molecular weight excluding hydrogens is 579 g/mol. The van der Waals surface area contributed by atoms with Crippen molar-refractivity contribution < 1.29 is 32.9 Å². The highest BCUT2D eigenvalue weighted by Gasteiger charge is 2.28. The highest BCUT2D eigenvalue weighted by atomic mass is 19.1. The average Bonchev–Trinajstić information content (AvgIpc) is 3.06. The topological polar surface area (TPSA) is 120 Å². The first kappa shape index (κ1) is 32.2. The number of aromatic nitrogens is 1. The van der Waals surface area contributed by atoms with E-state index in [4.69, 9.17) is 18.9 Å². The molecule has 3 N–H and O–H groups in total. The van der Waals surface area contributed by atoms with Gasteiger partial charge in [-0.2, -0.15) is 0 Å². The summed E-state index contributed by atoms with van der Waals surface area (Å²) in [6, 6.07) is 5.66. The molecule has 1 aromatic heterocycles. The van der Waals surface area contributed by atoms with Crippen molar-refractivity contribution in [2.45, 2.75) is 51.6 Å². The molecule has 1 atom stereocenters. The summed E-state index contributed by atoms with van der Waals surface area (Å²) in [5.41, 5.74) is 2.77. The lowest BCUT2D eigenvalue weighted by Crippen LogP contribution is -2.36. The van der Waals surface area contributed by atoms with Crippen molar-refractivity contribution in [1.29, 1.82) is 0 Å². The predicted molar refractivity (Wildman–Crippen MR) is 168 cm³/mol. The Kier molecular flexibility index (Phi) is 11.2. The fourth-order valence-electron chi connectivity index (χ4n) is 5.61. The summed E-state index contributed by atoms with van der Waals surface area (Å²) in [5.74, 6) is 0.134. The molecule has 240 valence electrons. The molecule has 0 spiro atoms. The summed E-state index contributed by atoms with van der Waals surface area (Å²) in [4.78, 5) is 29.3. The Labute approximate surface area is 263 Å². The van der Waals surface area contributed by atoms with Crippen LogP contribution in [0.4, 0.5) is 10.1 Å². The van der Waals surface area contributed by atoms with Crippen molar-refractivity contribution >= 4 is 23.6 Å². The fourth-order valence-corrected chi connectivity index (χ4v) is 5.61. The number of benzene rings is 1. The zero-order valence-corrected chi connectivity index (χ0v) is 25.8. The van der Waals surface area contributed by atoms with E-state index < -0.39 is 17.6 Å². The van der Waals surface area contributed by atoms with Crippen molar-refractivity contribution in [1.82, 2.24) is 15.6 Å². The molecule has 11 heteroatoms. The van der Waals surface area contributed by atoms with Gasteiger partial charge >= 0.3 is 11.8 Å². The van der Waals surface area contributed by atoms with Crippen LogP contribution in [0.25, 0.3) is 6.08 Å². The van der Waals surface area contributed by atoms with Crippen molar-refractivity contribution in [3.8, 4) is 11.5 Å². The van der Waals surface area contributed by atoms with Gasteiger partial charge in [0.15, 0.2) is 11.6 Å². The number of halogens is 1. The molecule has 1 aliphatic heterocycles. The minimum Gasteiger partial charge on any atom is -0.498 e. The van der Waals surface area contributed by atoms with Gasteiger partial charge < -0.3 is 34.9 Å². The van der Waals surface area contributed by atoms with Crippen LogP contribution in [0.5, 0.6) is 11.5 Å². The molecule has 0 saturated carbocycles. The second kappa shape index (κ2) is 15.7. The van der Waals surface area contributed by atoms with Crippen molar-refractivity contribution in [3.63, 3.8) is 0 Å². The number of hydrogen-bond acceptors (Lipinski definition) is 8. The minimum atomic E-state index is -0.878. The van der Waals surface area contributed by atoms with Gasteiger partial charge in [0.25, 0.3) is 0 Å². The Balaban J connectivity index is 1.15. The van der Waals surface area contributed by atoms with Crippen LogP contribution in [0, 0.1) is 11.7 Å². The Hall–Kier alpha value is -4.22. The van der Waals surface area contributed by atoms with Crippen LogP contribution in [0.15, 0.2) is 59.7 Å². The van der Waals surface area contributed by atoms with Crippen LogP contribution >= 0.6 is 0 Å². The molecule has 1 fully saturated rings. The molecule has 2 aromatic rings. The smallest absolute Gasteiger partial charge is 0.313 e. The van der Waals surface area contributed by atoms with E-state index in [1.165, 1.54) is 17.7 Å². The van der Waals surface area contributed by atoms with Crippen molar-refractivity contribution in [2.75, 3.05) is 45.3 Å². The normalized spacial score (nSPS) is 18.1. The number of ether oxygens (including phenoxy) is 4. The molecule has 1 saturated heterocycles. The molecule has 0 bridgehead atoms. The number of pyridine rings is 1. The molecule has 0 radical (unpaired) electrons. The second-order valence-corrected chi connectivity index (χ2v) is 11.2. The Bertz CT molecular complexity index is 1470. The number of carbonyl (C=O) groups is 2. The summed E-state index contributed by atoms with van der Waals surface area (Å²) in [5, 5.41) is 8.43. The number of nitrogens with zero attached hydrogens (tertiary/aromatic N) is 1. The number of piperidine rings is 1. The van der Waals surface area contributed by atoms with E-state index in [2.05, 4.69) is 20.9 Å². The summed E-state index contributed by atoms with van der Waals surface area (Å²) >= 11 is 0. The molecular formula is C34H41FN4O6. The lowest BCUT2D eigenvalue weighted by Gasteiger charge is -2.28. The largest absolute Gasteiger partial charge is 0.498 e. The van der Waals surface area contributed by atoms with Crippen molar-refractivity contribution in [2.24, 2.45) is 5.92 Å². The molecule has 10 nitrogen and oxygen atoms in total. The maximum absolute atomic E-state index is 15.1. The van der Waals surface area contributed by atoms with Gasteiger partial charge in [-0.05, 0) is 82.0 Å². The van der Waals surface area contributed by atoms with Crippen LogP contribution in [0.3, 0.4) is 0 Å². The number of carbonyl (C=O) groups excluding carboxylic acids is 2. The van der Waals surface area contributed by atoms with Gasteiger partial charge in [-0.1, -0.05) is 11.6 Å². The van der Waals surface area contributed by atoms with Gasteiger partial charge in [0.05, 0.1) is 31.8 Å². The lowest BCUT2D eigenvalue weighted by molar-refractivity contribution is -0.136. The molecule has 1 unspecified atom stereocenters. The van der Waals surface area contributed by atoms with E-state index in [1.807, 2.05) is 25.2 Å². The third kappa shape index (κ3) is 8.70. The third-order valence-corrected chi connectivity index (χ3v) is 8.12. The summed E-state index contributed by atoms with van der Waals surface area (Å²) in [6.07, 6.45) is 12.1. The first-order chi connectivity index (χ1) is 21.9. The summed E-state index contributed by atoms with van der Waals surface area (Å²) in [7, 11) is 1.60. The van der Waals surface area contributed by atoms with Crippen LogP contribution in [0.2, 0.25) is 0 Å². The van der Waals surface area contributed by atoms with E-state index in [9.17, 15) is 9.59 Å². The van der Waals surface area contributed by atoms with E-state index in [0.717, 1.165) is 56.3 Å². The SMILES string of the molecule is CCOC1=CC=C(CCNC(=O)C(=O)Nc2ccc(Oc3ccnc4c3C=C(OC)C(OCC3CCNCC3)C4)c(F)c2)CC1. The van der Waals surface area contributed by atoms with E-state index in [-0.39, 0.29) is 17.5 Å². The number of rotatable bonds is 12. The van der Waals surface area contributed by atoms with Gasteiger partial charge in [-0.15, -0.1) is 0 Å². The maximum atomic E-state index is 15.1. The molecule has 2 amide bonds. The Morgan fingerprint density at radius 3 is 2.67 bits per heavy atom. The summed E-state index contributed by atoms with van der Waals surface area (Å²) < 4.78 is 38.5. The average molecular weight is 621 g/mol. The fraction of sp³-hybridized carbons (Fsp3) is 0.441. The van der Waals surface area contributed by atoms with Gasteiger partial charge in [-0.3, -0.25) is 14.6 Å². The highest BCUT2D eigenvalue weighted by molar-refractivity contribution is 6.39. The minimum absolute atomic E-state index is 0.0372. The highest BCUT2D eigenvalue weighted by Crippen LogP contribution is 2.35. The first-order valence-electron chi connectivity index (χ1n) is 15.6. The summed E-state index contributed by atoms with van der Waals surface area (Å²) in [6.45, 7) is 5.56. The standard InChI is InChI=1S/C34H41FN4O6/c1-3-43-25-7-4-22(5-8-25)12-16-38-33(40)34(41)39-24-6-9-30(27(35)18-24)45-29-13-17-37-28-20-32(31(42-2)19-26(28)29)44-21-23-10-14-36-15-11-23/h4,6-7,9,13,17-19,23,32,36H,3,5,8,10-12,14-16,20-21H2,1-2H3,(H,38,40)(H,39,41). The number of hydrogen-bond donors (Lipinski definition) is 3. The second-order valence-electron chi connectivity index (χ2n) is 11.2.